The fourth-order valence-corrected chi connectivity index (χ4v) is 17.9. The molecule has 376 valence electrons. The Balaban J connectivity index is 0.000000752. The van der Waals surface area contributed by atoms with Gasteiger partial charge in [0.2, 0.25) is 0 Å². The Labute approximate surface area is 483 Å². The molecule has 16 unspecified atom stereocenters. The molecule has 10 rings (SSSR count). The monoisotopic (exact) mass is 1450 g/mol. The van der Waals surface area contributed by atoms with Crippen LogP contribution in [0.4, 0.5) is 0 Å². The van der Waals surface area contributed by atoms with Gasteiger partial charge >= 0.3 is 75.7 Å². The van der Waals surface area contributed by atoms with Crippen molar-refractivity contribution < 1.29 is 41.7 Å². The first-order chi connectivity index (χ1) is 29.2. The molecule has 0 aliphatic heterocycles. The van der Waals surface area contributed by atoms with Crippen LogP contribution in [-0.2, 0) is 48.1 Å². The number of halogens is 9. The fraction of sp³-hybridized carbons (Fsp3) is 0.778. The summed E-state index contributed by atoms with van der Waals surface area (Å²) in [6, 6.07) is 6.35. The van der Waals surface area contributed by atoms with Gasteiger partial charge in [-0.25, -0.2) is 0 Å². The van der Waals surface area contributed by atoms with Crippen LogP contribution in [0.25, 0.3) is 6.08 Å². The van der Waals surface area contributed by atoms with Crippen LogP contribution in [0.2, 0.25) is 0 Å². The quantitative estimate of drug-likeness (QED) is 0.179. The number of alkyl halides is 4. The van der Waals surface area contributed by atoms with Crippen LogP contribution in [0.5, 0.6) is 0 Å². The molecule has 1 aromatic carbocycles. The number of fused-ring (bicyclic) bond motifs is 5. The second-order valence-electron chi connectivity index (χ2n) is 20.9. The normalized spacial score (nSPS) is 37.1. The van der Waals surface area contributed by atoms with E-state index in [-0.39, 0.29) is 29.7 Å². The number of allylic oxidation sites excluding steroid dienone is 1. The average Bonchev–Trinajstić information content (AvgIpc) is 4.04. The van der Waals surface area contributed by atoms with Crippen molar-refractivity contribution in [2.75, 3.05) is 0 Å². The van der Waals surface area contributed by atoms with Crippen LogP contribution in [0, 0.1) is 101 Å². The van der Waals surface area contributed by atoms with Gasteiger partial charge in [0.15, 0.2) is 0 Å². The molecule has 65 heavy (non-hydrogen) atoms. The van der Waals surface area contributed by atoms with E-state index in [0.29, 0.717) is 0 Å². The van der Waals surface area contributed by atoms with E-state index >= 15 is 0 Å². The summed E-state index contributed by atoms with van der Waals surface area (Å²) in [5.74, 6) is 12.4. The van der Waals surface area contributed by atoms with Gasteiger partial charge in [-0.1, -0.05) is 182 Å². The third-order valence-corrected chi connectivity index (χ3v) is 21.3. The summed E-state index contributed by atoms with van der Waals surface area (Å²) >= 11 is 17.2. The Morgan fingerprint density at radius 2 is 0.738 bits per heavy atom. The van der Waals surface area contributed by atoms with Gasteiger partial charge in [-0.2, -0.15) is 0 Å². The second kappa shape index (κ2) is 37.1. The molecular weight excluding hydrogens is 1370 g/mol. The molecule has 0 aromatic heterocycles. The van der Waals surface area contributed by atoms with E-state index in [1.54, 1.807) is 0 Å². The zero-order chi connectivity index (χ0) is 44.6. The fourth-order valence-electron chi connectivity index (χ4n) is 13.5. The Morgan fingerprint density at radius 3 is 0.985 bits per heavy atom. The van der Waals surface area contributed by atoms with Crippen molar-refractivity contribution >= 4 is 120 Å². The van der Waals surface area contributed by atoms with Crippen molar-refractivity contribution in [3.8, 4) is 0 Å². The van der Waals surface area contributed by atoms with Crippen molar-refractivity contribution in [1.82, 2.24) is 0 Å². The molecule has 9 aliphatic carbocycles. The van der Waals surface area contributed by atoms with E-state index in [4.69, 9.17) is 34.1 Å². The topological polar surface area (TPSA) is 0 Å². The number of hydrogen-bond acceptors (Lipinski definition) is 0. The van der Waals surface area contributed by atoms with Crippen LogP contribution in [0.15, 0.2) is 28.2 Å². The third-order valence-electron chi connectivity index (χ3n) is 16.0. The molecule has 1 aromatic rings. The van der Waals surface area contributed by atoms with E-state index in [2.05, 4.69) is 139 Å². The number of hydrogen-bond donors (Lipinski definition) is 0. The SMILES string of the molecule is CC1=Cc2cccc(Br)c2C1.CC1CC2CCCC(Br)C2C1.CC1CC2CCCC(Br)C2C1.CC1CC2CCCC(Br)C2C1.CC1CC2CCCC(Br)C2C1.[CH3-].[CH3-].[CH3-].[CH3-].[Cl][Zr+2][Cl].[Cl][Zr+2][Cl]. The van der Waals surface area contributed by atoms with Gasteiger partial charge in [0.05, 0.1) is 0 Å². The van der Waals surface area contributed by atoms with E-state index in [9.17, 15) is 0 Å². The number of benzene rings is 1. The minimum absolute atomic E-state index is 0. The van der Waals surface area contributed by atoms with Gasteiger partial charge in [0.25, 0.3) is 0 Å². The van der Waals surface area contributed by atoms with Crippen molar-refractivity contribution in [2.24, 2.45) is 71.0 Å². The Hall–Kier alpha value is 4.29. The summed E-state index contributed by atoms with van der Waals surface area (Å²) in [6.45, 7) is 11.8. The summed E-state index contributed by atoms with van der Waals surface area (Å²) in [6.07, 6.45) is 32.9. The molecule has 0 bridgehead atoms. The molecule has 0 spiro atoms. The van der Waals surface area contributed by atoms with Crippen molar-refractivity contribution in [1.29, 1.82) is 0 Å². The second-order valence-corrected chi connectivity index (χ2v) is 33.9. The first-order valence-corrected chi connectivity index (χ1v) is 41.2. The van der Waals surface area contributed by atoms with Crippen molar-refractivity contribution in [2.45, 2.75) is 189 Å². The predicted octanol–water partition coefficient (Wildman–Crippen LogP) is 22.3. The first kappa shape index (κ1) is 69.3. The molecular formula is C54H89Br5Cl4Zr2. The maximum atomic E-state index is 4.93. The van der Waals surface area contributed by atoms with Gasteiger partial charge in [0.1, 0.15) is 0 Å². The molecule has 0 amide bonds. The van der Waals surface area contributed by atoms with Crippen LogP contribution in [0.1, 0.15) is 174 Å². The van der Waals surface area contributed by atoms with E-state index in [0.717, 1.165) is 96.7 Å². The van der Waals surface area contributed by atoms with Crippen molar-refractivity contribution in [3.05, 3.63) is 69.1 Å². The molecule has 0 nitrogen and oxygen atoms in total. The zero-order valence-corrected chi connectivity index (χ0v) is 57.7. The van der Waals surface area contributed by atoms with Gasteiger partial charge < -0.3 is 29.7 Å². The van der Waals surface area contributed by atoms with Gasteiger partial charge in [0, 0.05) is 23.8 Å². The van der Waals surface area contributed by atoms with E-state index < -0.39 is 41.7 Å². The maximum absolute atomic E-state index is 4.93. The van der Waals surface area contributed by atoms with Gasteiger partial charge in [-0.3, -0.25) is 0 Å². The van der Waals surface area contributed by atoms with Crippen LogP contribution in [0.3, 0.4) is 0 Å². The molecule has 16 atom stereocenters. The van der Waals surface area contributed by atoms with Gasteiger partial charge in [-0.15, -0.1) is 0 Å². The third kappa shape index (κ3) is 23.0. The Morgan fingerprint density at radius 1 is 0.462 bits per heavy atom. The summed E-state index contributed by atoms with van der Waals surface area (Å²) in [5.41, 5.74) is 4.26. The molecule has 0 N–H and O–H groups in total. The van der Waals surface area contributed by atoms with E-state index in [1.807, 2.05) is 0 Å². The minimum atomic E-state index is -0.826. The molecule has 0 radical (unpaired) electrons. The van der Waals surface area contributed by atoms with Crippen LogP contribution >= 0.6 is 114 Å². The van der Waals surface area contributed by atoms with Crippen LogP contribution < -0.4 is 0 Å². The van der Waals surface area contributed by atoms with Crippen molar-refractivity contribution in [3.63, 3.8) is 0 Å². The Kier molecular flexibility index (Phi) is 39.5. The summed E-state index contributed by atoms with van der Waals surface area (Å²) in [5, 5.41) is 0. The van der Waals surface area contributed by atoms with Gasteiger partial charge in [-0.05, 0) is 179 Å². The summed E-state index contributed by atoms with van der Waals surface area (Å²) in [4.78, 5) is 3.41. The zero-order valence-electron chi connectivity index (χ0n) is 41.8. The predicted molar refractivity (Wildman–Crippen MR) is 308 cm³/mol. The number of rotatable bonds is 0. The average molecular weight is 1460 g/mol. The molecule has 8 saturated carbocycles. The summed E-state index contributed by atoms with van der Waals surface area (Å²) < 4.78 is 1.24. The first-order valence-electron chi connectivity index (χ1n) is 24.1. The molecule has 0 saturated heterocycles. The molecule has 9 aliphatic rings. The molecule has 11 heteroatoms. The Bertz CT molecular complexity index is 1290. The molecule has 0 heterocycles. The standard InChI is InChI=1S/4C10H17Br.C10H9Br.4CH3.4ClH.2Zr/c5*1-7-5-8-3-2-4-10(11)9(8)6-7;;;;;;;;;;/h4*7-10H,2-6H2,1H3;2-5H,6H2,1H3;4*1H3;4*1H;;/q;;;;;4*-1;;;;;2*+4/p-4. The molecule has 8 fully saturated rings. The van der Waals surface area contributed by atoms with Crippen LogP contribution in [-0.4, -0.2) is 19.3 Å². The summed E-state index contributed by atoms with van der Waals surface area (Å²) in [7, 11) is 19.7. The van der Waals surface area contributed by atoms with E-state index in [1.165, 1.54) is 150 Å².